The van der Waals surface area contributed by atoms with Crippen LogP contribution in [0.4, 0.5) is 0 Å². The molecule has 180 valence electrons. The first-order valence-corrected chi connectivity index (χ1v) is 13.9. The maximum atomic E-state index is 13.4. The predicted molar refractivity (Wildman–Crippen MR) is 130 cm³/mol. The molecule has 1 fully saturated rings. The van der Waals surface area contributed by atoms with Gasteiger partial charge in [-0.1, -0.05) is 17.7 Å². The number of fused-ring (bicyclic) bond motifs is 2. The minimum atomic E-state index is -3.87. The number of nitrogens with one attached hydrogen (secondary N) is 3. The molecule has 0 saturated carbocycles. The number of hydrazine groups is 1. The van der Waals surface area contributed by atoms with Crippen LogP contribution in [0, 0.1) is 0 Å². The number of halogens is 1. The number of carbonyl (C=O) groups excluding carboxylic acids is 2. The molecule has 2 amide bonds. The Morgan fingerprint density at radius 1 is 1.18 bits per heavy atom. The maximum Gasteiger partial charge on any atom is 0.283 e. The fourth-order valence-corrected chi connectivity index (χ4v) is 8.25. The first-order chi connectivity index (χ1) is 16.3. The lowest BCUT2D eigenvalue weighted by Crippen LogP contribution is -2.61. The van der Waals surface area contributed by atoms with Crippen molar-refractivity contribution >= 4 is 66.2 Å². The number of aromatic nitrogens is 1. The normalized spacial score (nSPS) is 19.2. The van der Waals surface area contributed by atoms with Gasteiger partial charge in [0.25, 0.3) is 15.9 Å². The Hall–Kier alpha value is -2.13. The van der Waals surface area contributed by atoms with Crippen molar-refractivity contribution in [1.29, 1.82) is 0 Å². The lowest BCUT2D eigenvalue weighted by atomic mass is 10.1. The quantitative estimate of drug-likeness (QED) is 0.457. The van der Waals surface area contributed by atoms with Gasteiger partial charge in [0.2, 0.25) is 5.91 Å². The van der Waals surface area contributed by atoms with E-state index in [1.54, 1.807) is 24.3 Å². The number of hydrogen-bond donors (Lipinski definition) is 3. The average Bonchev–Trinajstić information content (AvgIpc) is 3.47. The summed E-state index contributed by atoms with van der Waals surface area (Å²) in [5, 5.41) is 4.16. The van der Waals surface area contributed by atoms with Gasteiger partial charge in [-0.2, -0.15) is 4.31 Å². The molecule has 0 radical (unpaired) electrons. The molecule has 34 heavy (non-hydrogen) atoms. The third kappa shape index (κ3) is 4.21. The van der Waals surface area contributed by atoms with Crippen LogP contribution in [0.1, 0.15) is 20.4 Å². The van der Waals surface area contributed by atoms with Crippen molar-refractivity contribution in [1.82, 2.24) is 30.4 Å². The Balaban J connectivity index is 1.41. The Bertz CT molecular complexity index is 1360. The molecular formula is C20H21ClN6O4S3. The Morgan fingerprint density at radius 3 is 2.74 bits per heavy atom. The minimum absolute atomic E-state index is 0.0742. The van der Waals surface area contributed by atoms with E-state index in [-0.39, 0.29) is 29.8 Å². The van der Waals surface area contributed by atoms with Crippen molar-refractivity contribution in [3.05, 3.63) is 44.9 Å². The number of thiophene rings is 1. The van der Waals surface area contributed by atoms with Gasteiger partial charge in [0.1, 0.15) is 10.3 Å². The van der Waals surface area contributed by atoms with Crippen LogP contribution in [-0.2, 0) is 27.9 Å². The Kier molecular flexibility index (Phi) is 6.35. The zero-order valence-corrected chi connectivity index (χ0v) is 21.2. The van der Waals surface area contributed by atoms with Crippen molar-refractivity contribution in [2.24, 2.45) is 0 Å². The first-order valence-electron chi connectivity index (χ1n) is 10.4. The third-order valence-electron chi connectivity index (χ3n) is 5.80. The highest BCUT2D eigenvalue weighted by atomic mass is 35.5. The van der Waals surface area contributed by atoms with Gasteiger partial charge in [-0.25, -0.2) is 13.4 Å². The van der Waals surface area contributed by atoms with Crippen molar-refractivity contribution in [2.75, 3.05) is 26.7 Å². The van der Waals surface area contributed by atoms with Crippen LogP contribution in [0.15, 0.2) is 28.5 Å². The van der Waals surface area contributed by atoms with Crippen LogP contribution in [-0.4, -0.2) is 67.1 Å². The van der Waals surface area contributed by atoms with E-state index in [1.807, 2.05) is 0 Å². The summed E-state index contributed by atoms with van der Waals surface area (Å²) in [6, 6.07) is 5.85. The standard InChI is InChI=1S/C20H21ClN6O4S3/c1-22-18(28)14-10-26(34(30,31)17-6-11-2-3-12(21)7-15(11)32-17)4-5-27(14)20(29)19-25-13-8-23-24-9-16(13)33-19/h2-3,6-7,14,23-24H,4-5,8-10H2,1H3,(H,22,28). The summed E-state index contributed by atoms with van der Waals surface area (Å²) in [6.07, 6.45) is 0. The summed E-state index contributed by atoms with van der Waals surface area (Å²) in [5.74, 6) is -0.803. The van der Waals surface area contributed by atoms with Crippen LogP contribution in [0.25, 0.3) is 10.1 Å². The van der Waals surface area contributed by atoms with Crippen molar-refractivity contribution in [3.63, 3.8) is 0 Å². The van der Waals surface area contributed by atoms with Crippen LogP contribution in [0.2, 0.25) is 5.02 Å². The molecule has 1 atom stereocenters. The van der Waals surface area contributed by atoms with Crippen LogP contribution < -0.4 is 16.2 Å². The molecule has 14 heteroatoms. The molecule has 1 aromatic carbocycles. The monoisotopic (exact) mass is 540 g/mol. The second-order valence-corrected chi connectivity index (χ2v) is 12.6. The van der Waals surface area contributed by atoms with E-state index in [9.17, 15) is 18.0 Å². The fourth-order valence-electron chi connectivity index (χ4n) is 4.01. The van der Waals surface area contributed by atoms with Crippen molar-refractivity contribution in [3.8, 4) is 0 Å². The third-order valence-corrected chi connectivity index (χ3v) is 10.5. The molecule has 2 aliphatic rings. The molecule has 4 heterocycles. The summed E-state index contributed by atoms with van der Waals surface area (Å²) in [5.41, 5.74) is 6.80. The summed E-state index contributed by atoms with van der Waals surface area (Å²) in [6.45, 7) is 1.07. The lowest BCUT2D eigenvalue weighted by molar-refractivity contribution is -0.126. The average molecular weight is 541 g/mol. The highest BCUT2D eigenvalue weighted by molar-refractivity contribution is 7.91. The number of carbonyl (C=O) groups is 2. The fraction of sp³-hybridized carbons (Fsp3) is 0.350. The molecule has 1 saturated heterocycles. The number of likely N-dealkylation sites (N-methyl/N-ethyl adjacent to an activating group) is 1. The Morgan fingerprint density at radius 2 is 1.97 bits per heavy atom. The van der Waals surface area contributed by atoms with Crippen LogP contribution >= 0.6 is 34.3 Å². The van der Waals surface area contributed by atoms with E-state index >= 15 is 0 Å². The van der Waals surface area contributed by atoms with Gasteiger partial charge in [-0.05, 0) is 23.6 Å². The number of sulfonamides is 1. The molecule has 1 unspecified atom stereocenters. The SMILES string of the molecule is CNC(=O)C1CN(S(=O)(=O)c2cc3ccc(Cl)cc3s2)CCN1C(=O)c1nc2c(s1)CNNC2. The van der Waals surface area contributed by atoms with Crippen LogP contribution in [0.5, 0.6) is 0 Å². The van der Waals surface area contributed by atoms with E-state index < -0.39 is 22.0 Å². The molecule has 2 aromatic heterocycles. The van der Waals surface area contributed by atoms with Gasteiger partial charge >= 0.3 is 0 Å². The van der Waals surface area contributed by atoms with Gasteiger partial charge in [0.15, 0.2) is 5.01 Å². The van der Waals surface area contributed by atoms with E-state index in [1.165, 1.54) is 27.6 Å². The smallest absolute Gasteiger partial charge is 0.283 e. The van der Waals surface area contributed by atoms with E-state index in [0.29, 0.717) is 23.1 Å². The molecule has 5 rings (SSSR count). The molecule has 3 aromatic rings. The van der Waals surface area contributed by atoms with Crippen molar-refractivity contribution < 1.29 is 18.0 Å². The summed E-state index contributed by atoms with van der Waals surface area (Å²) >= 11 is 8.46. The van der Waals surface area contributed by atoms with Gasteiger partial charge in [-0.15, -0.1) is 22.7 Å². The predicted octanol–water partition coefficient (Wildman–Crippen LogP) is 1.38. The van der Waals surface area contributed by atoms with Crippen molar-refractivity contribution in [2.45, 2.75) is 23.3 Å². The summed E-state index contributed by atoms with van der Waals surface area (Å²) < 4.78 is 29.0. The van der Waals surface area contributed by atoms with Gasteiger partial charge in [-0.3, -0.25) is 20.4 Å². The van der Waals surface area contributed by atoms with Crippen LogP contribution in [0.3, 0.4) is 0 Å². The molecule has 2 aliphatic heterocycles. The zero-order valence-electron chi connectivity index (χ0n) is 18.0. The number of nitrogens with zero attached hydrogens (tertiary/aromatic N) is 3. The highest BCUT2D eigenvalue weighted by Crippen LogP contribution is 2.33. The maximum absolute atomic E-state index is 13.4. The number of benzene rings is 1. The van der Waals surface area contributed by atoms with E-state index in [0.717, 1.165) is 32.0 Å². The highest BCUT2D eigenvalue weighted by Gasteiger charge is 2.41. The number of hydrogen-bond acceptors (Lipinski definition) is 9. The number of rotatable bonds is 4. The zero-order chi connectivity index (χ0) is 24.0. The first kappa shape index (κ1) is 23.6. The number of amides is 2. The van der Waals surface area contributed by atoms with Gasteiger partial charge in [0, 0.05) is 47.8 Å². The second-order valence-electron chi connectivity index (χ2n) is 7.84. The number of piperazine rings is 1. The van der Waals surface area contributed by atoms with E-state index in [4.69, 9.17) is 11.6 Å². The Labute approximate surface area is 208 Å². The van der Waals surface area contributed by atoms with Gasteiger partial charge in [0.05, 0.1) is 12.2 Å². The largest absolute Gasteiger partial charge is 0.357 e. The molecule has 10 nitrogen and oxygen atoms in total. The molecule has 0 bridgehead atoms. The topological polar surface area (TPSA) is 124 Å². The summed E-state index contributed by atoms with van der Waals surface area (Å²) in [7, 11) is -2.40. The van der Waals surface area contributed by atoms with E-state index in [2.05, 4.69) is 21.2 Å². The molecular weight excluding hydrogens is 520 g/mol. The molecule has 0 spiro atoms. The summed E-state index contributed by atoms with van der Waals surface area (Å²) in [4.78, 5) is 32.8. The molecule has 3 N–H and O–H groups in total. The second kappa shape index (κ2) is 9.15. The number of thiazole rings is 1. The van der Waals surface area contributed by atoms with Gasteiger partial charge < -0.3 is 10.2 Å². The molecule has 0 aliphatic carbocycles. The lowest BCUT2D eigenvalue weighted by Gasteiger charge is -2.39. The minimum Gasteiger partial charge on any atom is -0.357 e.